The third-order valence-corrected chi connectivity index (χ3v) is 5.43. The van der Waals surface area contributed by atoms with Gasteiger partial charge in [-0.25, -0.2) is 4.98 Å². The van der Waals surface area contributed by atoms with Gasteiger partial charge in [-0.1, -0.05) is 24.6 Å². The number of anilines is 1. The third-order valence-electron chi connectivity index (χ3n) is 5.43. The van der Waals surface area contributed by atoms with Crippen LogP contribution in [0.3, 0.4) is 0 Å². The third kappa shape index (κ3) is 3.31. The number of aromatic nitrogens is 3. The van der Waals surface area contributed by atoms with Crippen LogP contribution in [0.5, 0.6) is 0 Å². The molecule has 1 amide bonds. The molecule has 6 heteroatoms. The zero-order valence-electron chi connectivity index (χ0n) is 14.7. The second kappa shape index (κ2) is 6.96. The van der Waals surface area contributed by atoms with Crippen LogP contribution in [0.2, 0.25) is 0 Å². The average Bonchev–Trinajstić information content (AvgIpc) is 3.23. The fraction of sp³-hybridized carbons (Fsp3) is 0.526. The van der Waals surface area contributed by atoms with Crippen LogP contribution < -0.4 is 4.90 Å². The van der Waals surface area contributed by atoms with E-state index in [0.717, 1.165) is 38.0 Å². The van der Waals surface area contributed by atoms with E-state index in [2.05, 4.69) is 40.1 Å². The Morgan fingerprint density at radius 1 is 1.28 bits per heavy atom. The van der Waals surface area contributed by atoms with Gasteiger partial charge in [0.15, 0.2) is 0 Å². The molecule has 0 N–H and O–H groups in total. The summed E-state index contributed by atoms with van der Waals surface area (Å²) in [5.74, 6) is 0.211. The standard InChI is InChI=1S/C19H25N5O/c1-15-10-16-6-2-3-8-18(16)24(15)19(25)12-22-9-5-4-7-17(22)11-23-14-20-13-21-23/h2-3,6,8,13-15,17H,4-5,7,9-12H2,1H3. The first-order valence-corrected chi connectivity index (χ1v) is 9.19. The van der Waals surface area contributed by atoms with Crippen LogP contribution >= 0.6 is 0 Å². The van der Waals surface area contributed by atoms with Crippen LogP contribution in [0.25, 0.3) is 0 Å². The first kappa shape index (κ1) is 16.3. The molecule has 0 aliphatic carbocycles. The monoisotopic (exact) mass is 339 g/mol. The van der Waals surface area contributed by atoms with Crippen LogP contribution in [0, 0.1) is 0 Å². The van der Waals surface area contributed by atoms with Gasteiger partial charge in [0, 0.05) is 17.8 Å². The molecule has 1 aromatic carbocycles. The number of nitrogens with zero attached hydrogens (tertiary/aromatic N) is 5. The van der Waals surface area contributed by atoms with E-state index >= 15 is 0 Å². The van der Waals surface area contributed by atoms with E-state index in [-0.39, 0.29) is 11.9 Å². The summed E-state index contributed by atoms with van der Waals surface area (Å²) < 4.78 is 1.88. The Kier molecular flexibility index (Phi) is 4.53. The van der Waals surface area contributed by atoms with E-state index in [1.807, 2.05) is 15.6 Å². The van der Waals surface area contributed by atoms with E-state index in [1.54, 1.807) is 12.7 Å². The minimum Gasteiger partial charge on any atom is -0.308 e. The van der Waals surface area contributed by atoms with Crippen molar-refractivity contribution in [2.75, 3.05) is 18.0 Å². The average molecular weight is 339 g/mol. The second-order valence-corrected chi connectivity index (χ2v) is 7.18. The number of amides is 1. The lowest BCUT2D eigenvalue weighted by atomic mass is 10.0. The molecule has 6 nitrogen and oxygen atoms in total. The summed E-state index contributed by atoms with van der Waals surface area (Å²) in [6.07, 6.45) is 7.76. The van der Waals surface area contributed by atoms with Crippen molar-refractivity contribution < 1.29 is 4.79 Å². The van der Waals surface area contributed by atoms with Gasteiger partial charge in [-0.05, 0) is 44.4 Å². The molecule has 0 saturated carbocycles. The second-order valence-electron chi connectivity index (χ2n) is 7.18. The van der Waals surface area contributed by atoms with Gasteiger partial charge in [-0.2, -0.15) is 5.10 Å². The first-order chi connectivity index (χ1) is 12.2. The van der Waals surface area contributed by atoms with Crippen molar-refractivity contribution in [1.82, 2.24) is 19.7 Å². The Hall–Kier alpha value is -2.21. The van der Waals surface area contributed by atoms with E-state index in [9.17, 15) is 4.79 Å². The van der Waals surface area contributed by atoms with Crippen LogP contribution in [0.4, 0.5) is 5.69 Å². The molecule has 1 saturated heterocycles. The predicted molar refractivity (Wildman–Crippen MR) is 96.3 cm³/mol. The molecule has 2 atom stereocenters. The molecule has 1 fully saturated rings. The number of piperidine rings is 1. The summed E-state index contributed by atoms with van der Waals surface area (Å²) in [6, 6.07) is 8.87. The van der Waals surface area contributed by atoms with Crippen molar-refractivity contribution in [3.8, 4) is 0 Å². The zero-order valence-corrected chi connectivity index (χ0v) is 14.7. The molecular weight excluding hydrogens is 314 g/mol. The van der Waals surface area contributed by atoms with Gasteiger partial charge < -0.3 is 4.90 Å². The van der Waals surface area contributed by atoms with E-state index in [4.69, 9.17) is 0 Å². The van der Waals surface area contributed by atoms with Crippen molar-refractivity contribution in [3.05, 3.63) is 42.5 Å². The molecule has 2 aliphatic heterocycles. The molecule has 2 aromatic rings. The van der Waals surface area contributed by atoms with Gasteiger partial charge in [0.05, 0.1) is 13.1 Å². The van der Waals surface area contributed by atoms with Crippen molar-refractivity contribution in [2.24, 2.45) is 0 Å². The highest BCUT2D eigenvalue weighted by Gasteiger charge is 2.33. The molecule has 132 valence electrons. The minimum absolute atomic E-state index is 0.211. The van der Waals surface area contributed by atoms with Gasteiger partial charge in [0.2, 0.25) is 5.91 Å². The molecule has 1 aromatic heterocycles. The number of para-hydroxylation sites is 1. The Bertz CT molecular complexity index is 729. The molecule has 0 spiro atoms. The molecule has 25 heavy (non-hydrogen) atoms. The number of fused-ring (bicyclic) bond motifs is 1. The molecule has 3 heterocycles. The van der Waals surface area contributed by atoms with Gasteiger partial charge in [-0.3, -0.25) is 14.4 Å². The Labute approximate surface area is 148 Å². The number of hydrogen-bond acceptors (Lipinski definition) is 4. The van der Waals surface area contributed by atoms with E-state index < -0.39 is 0 Å². The van der Waals surface area contributed by atoms with Crippen LogP contribution in [-0.2, 0) is 17.8 Å². The quantitative estimate of drug-likeness (QED) is 0.856. The smallest absolute Gasteiger partial charge is 0.241 e. The maximum Gasteiger partial charge on any atom is 0.241 e. The maximum atomic E-state index is 13.1. The summed E-state index contributed by atoms with van der Waals surface area (Å²) in [5.41, 5.74) is 2.37. The fourth-order valence-corrected chi connectivity index (χ4v) is 4.21. The summed E-state index contributed by atoms with van der Waals surface area (Å²) in [5, 5.41) is 4.23. The highest BCUT2D eigenvalue weighted by molar-refractivity contribution is 5.97. The summed E-state index contributed by atoms with van der Waals surface area (Å²) in [6.45, 7) is 4.41. The number of likely N-dealkylation sites (tertiary alicyclic amines) is 1. The Balaban J connectivity index is 1.47. The molecule has 0 bridgehead atoms. The van der Waals surface area contributed by atoms with E-state index in [1.165, 1.54) is 12.0 Å². The van der Waals surface area contributed by atoms with Crippen LogP contribution in [0.15, 0.2) is 36.9 Å². The lowest BCUT2D eigenvalue weighted by molar-refractivity contribution is -0.121. The van der Waals surface area contributed by atoms with Gasteiger partial charge in [0.25, 0.3) is 0 Å². The summed E-state index contributed by atoms with van der Waals surface area (Å²) >= 11 is 0. The van der Waals surface area contributed by atoms with Crippen molar-refractivity contribution in [2.45, 2.75) is 51.2 Å². The number of carbonyl (C=O) groups excluding carboxylic acids is 1. The summed E-state index contributed by atoms with van der Waals surface area (Å²) in [4.78, 5) is 21.4. The largest absolute Gasteiger partial charge is 0.308 e. The minimum atomic E-state index is 0.211. The van der Waals surface area contributed by atoms with Gasteiger partial charge in [-0.15, -0.1) is 0 Å². The highest BCUT2D eigenvalue weighted by Crippen LogP contribution is 2.32. The van der Waals surface area contributed by atoms with Crippen molar-refractivity contribution in [1.29, 1.82) is 0 Å². The zero-order chi connectivity index (χ0) is 17.2. The van der Waals surface area contributed by atoms with Gasteiger partial charge >= 0.3 is 0 Å². The van der Waals surface area contributed by atoms with Crippen molar-refractivity contribution >= 4 is 11.6 Å². The highest BCUT2D eigenvalue weighted by atomic mass is 16.2. The van der Waals surface area contributed by atoms with Crippen molar-refractivity contribution in [3.63, 3.8) is 0 Å². The molecule has 0 radical (unpaired) electrons. The van der Waals surface area contributed by atoms with E-state index in [0.29, 0.717) is 12.6 Å². The topological polar surface area (TPSA) is 54.3 Å². The van der Waals surface area contributed by atoms with Crippen LogP contribution in [-0.4, -0.2) is 50.7 Å². The number of rotatable bonds is 4. The summed E-state index contributed by atoms with van der Waals surface area (Å²) in [7, 11) is 0. The first-order valence-electron chi connectivity index (χ1n) is 9.19. The number of hydrogen-bond donors (Lipinski definition) is 0. The molecular formula is C19H25N5O. The number of carbonyl (C=O) groups is 1. The SMILES string of the molecule is CC1Cc2ccccc2N1C(=O)CN1CCCCC1Cn1cncn1. The predicted octanol–water partition coefficient (Wildman–Crippen LogP) is 2.11. The fourth-order valence-electron chi connectivity index (χ4n) is 4.21. The Morgan fingerprint density at radius 3 is 3.00 bits per heavy atom. The normalized spacial score (nSPS) is 23.6. The number of benzene rings is 1. The molecule has 2 aliphatic rings. The molecule has 2 unspecified atom stereocenters. The van der Waals surface area contributed by atoms with Gasteiger partial charge in [0.1, 0.15) is 12.7 Å². The van der Waals surface area contributed by atoms with Crippen LogP contribution in [0.1, 0.15) is 31.7 Å². The lowest BCUT2D eigenvalue weighted by Gasteiger charge is -2.36. The Morgan fingerprint density at radius 2 is 2.16 bits per heavy atom. The molecule has 4 rings (SSSR count). The maximum absolute atomic E-state index is 13.1. The lowest BCUT2D eigenvalue weighted by Crippen LogP contribution is -2.49.